The number of anilines is 1. The summed E-state index contributed by atoms with van der Waals surface area (Å²) in [5.41, 5.74) is 6.72. The summed E-state index contributed by atoms with van der Waals surface area (Å²) >= 11 is 2.18. The zero-order chi connectivity index (χ0) is 31.4. The van der Waals surface area contributed by atoms with Gasteiger partial charge < -0.3 is 19.7 Å². The molecule has 8 heteroatoms. The lowest BCUT2D eigenvalue weighted by Crippen LogP contribution is -2.43. The fraction of sp³-hybridized carbons (Fsp3) is 0.457. The Morgan fingerprint density at radius 1 is 0.953 bits per heavy atom. The third-order valence-electron chi connectivity index (χ3n) is 8.78. The number of Topliss-reactive ketones (excluding diaryl/α,β-unsaturated/α-hetero) is 2. The molecule has 0 atom stereocenters. The molecule has 43 heavy (non-hydrogen) atoms. The molecule has 0 aromatic heterocycles. The molecule has 0 saturated carbocycles. The lowest BCUT2D eigenvalue weighted by molar-refractivity contribution is -0.120. The fourth-order valence-electron chi connectivity index (χ4n) is 6.74. The summed E-state index contributed by atoms with van der Waals surface area (Å²) in [6, 6.07) is 9.73. The topological polar surface area (TPSA) is 84.9 Å². The van der Waals surface area contributed by atoms with Gasteiger partial charge in [-0.05, 0) is 95.0 Å². The molecule has 3 aliphatic rings. The van der Waals surface area contributed by atoms with Crippen molar-refractivity contribution < 1.29 is 23.9 Å². The van der Waals surface area contributed by atoms with Crippen LogP contribution in [0.2, 0.25) is 0 Å². The maximum Gasteiger partial charge on any atom is 0.262 e. The van der Waals surface area contributed by atoms with Crippen molar-refractivity contribution in [2.24, 2.45) is 10.8 Å². The predicted molar refractivity (Wildman–Crippen MR) is 176 cm³/mol. The summed E-state index contributed by atoms with van der Waals surface area (Å²) in [6.07, 6.45) is 2.39. The van der Waals surface area contributed by atoms with Crippen LogP contribution in [0.5, 0.6) is 11.5 Å². The molecule has 1 amide bonds. The standard InChI is InChI=1S/C35H41IN2O5/c1-19-9-10-20(2)23(11-19)37-29(41)18-43-33-22(36)12-21(13-28(33)42-8)30-31-24(14-34(3,4)16-26(31)39)38(7)25-15-35(5,6)17-27(40)32(25)30/h9-13,30H,14-18H2,1-8H3,(H,37,41). The molecule has 0 spiro atoms. The molecule has 1 aliphatic heterocycles. The van der Waals surface area contributed by atoms with Crippen molar-refractivity contribution in [3.8, 4) is 11.5 Å². The number of hydrogen-bond donors (Lipinski definition) is 1. The monoisotopic (exact) mass is 696 g/mol. The number of nitrogens with one attached hydrogen (secondary N) is 1. The lowest BCUT2D eigenvalue weighted by atomic mass is 9.64. The van der Waals surface area contributed by atoms with Crippen LogP contribution in [0.25, 0.3) is 0 Å². The van der Waals surface area contributed by atoms with E-state index in [0.717, 1.165) is 50.2 Å². The minimum absolute atomic E-state index is 0.0877. The minimum atomic E-state index is -0.475. The number of rotatable bonds is 6. The Labute approximate surface area is 268 Å². The number of carbonyl (C=O) groups excluding carboxylic acids is 3. The van der Waals surface area contributed by atoms with Crippen LogP contribution in [-0.2, 0) is 14.4 Å². The first-order valence-corrected chi connectivity index (χ1v) is 15.8. The van der Waals surface area contributed by atoms with E-state index in [4.69, 9.17) is 9.47 Å². The van der Waals surface area contributed by atoms with Crippen molar-refractivity contribution in [2.75, 3.05) is 26.1 Å². The highest BCUT2D eigenvalue weighted by molar-refractivity contribution is 14.1. The zero-order valence-electron chi connectivity index (χ0n) is 26.4. The number of ether oxygens (including phenoxy) is 2. The van der Waals surface area contributed by atoms with E-state index in [1.807, 2.05) is 51.2 Å². The van der Waals surface area contributed by atoms with Crippen molar-refractivity contribution in [1.29, 1.82) is 0 Å². The quantitative estimate of drug-likeness (QED) is 0.321. The maximum atomic E-state index is 13.8. The van der Waals surface area contributed by atoms with Gasteiger partial charge in [0.25, 0.3) is 5.91 Å². The van der Waals surface area contributed by atoms with Crippen molar-refractivity contribution in [1.82, 2.24) is 4.90 Å². The van der Waals surface area contributed by atoms with Gasteiger partial charge in [0, 0.05) is 54.0 Å². The summed E-state index contributed by atoms with van der Waals surface area (Å²) < 4.78 is 12.5. The Hall–Kier alpha value is -3.14. The molecule has 0 radical (unpaired) electrons. The molecule has 1 N–H and O–H groups in total. The van der Waals surface area contributed by atoms with Gasteiger partial charge in [-0.2, -0.15) is 0 Å². The number of halogens is 1. The smallest absolute Gasteiger partial charge is 0.262 e. The summed E-state index contributed by atoms with van der Waals surface area (Å²) in [4.78, 5) is 42.6. The van der Waals surface area contributed by atoms with Crippen molar-refractivity contribution in [3.05, 3.63) is 73.1 Å². The number of carbonyl (C=O) groups is 3. The number of allylic oxidation sites excluding steroid dienone is 4. The molecule has 0 unspecified atom stereocenters. The molecule has 2 aromatic rings. The van der Waals surface area contributed by atoms with Crippen LogP contribution in [0.15, 0.2) is 52.9 Å². The normalized spacial score (nSPS) is 19.7. The van der Waals surface area contributed by atoms with Gasteiger partial charge in [-0.25, -0.2) is 0 Å². The first kappa shape index (κ1) is 31.3. The van der Waals surface area contributed by atoms with Crippen LogP contribution in [0.4, 0.5) is 5.69 Å². The molecule has 2 aliphatic carbocycles. The molecule has 0 saturated heterocycles. The molecule has 1 heterocycles. The summed E-state index contributed by atoms with van der Waals surface area (Å²) in [7, 11) is 3.57. The van der Waals surface area contributed by atoms with Crippen LogP contribution in [-0.4, -0.2) is 43.1 Å². The van der Waals surface area contributed by atoms with E-state index >= 15 is 0 Å². The molecule has 2 aromatic carbocycles. The Bertz CT molecular complexity index is 1550. The predicted octanol–water partition coefficient (Wildman–Crippen LogP) is 7.25. The van der Waals surface area contributed by atoms with Crippen LogP contribution in [0, 0.1) is 28.2 Å². The highest BCUT2D eigenvalue weighted by atomic mass is 127. The van der Waals surface area contributed by atoms with Gasteiger partial charge in [0.2, 0.25) is 0 Å². The van der Waals surface area contributed by atoms with Gasteiger partial charge >= 0.3 is 0 Å². The highest BCUT2D eigenvalue weighted by Gasteiger charge is 2.48. The number of hydrogen-bond acceptors (Lipinski definition) is 6. The van der Waals surface area contributed by atoms with Crippen molar-refractivity contribution in [3.63, 3.8) is 0 Å². The van der Waals surface area contributed by atoms with E-state index in [1.165, 1.54) is 0 Å². The fourth-order valence-corrected chi connectivity index (χ4v) is 7.52. The van der Waals surface area contributed by atoms with Crippen molar-refractivity contribution in [2.45, 2.75) is 73.1 Å². The molecular weight excluding hydrogens is 655 g/mol. The maximum absolute atomic E-state index is 13.8. The zero-order valence-corrected chi connectivity index (χ0v) is 28.5. The van der Waals surface area contributed by atoms with Crippen LogP contribution < -0.4 is 14.8 Å². The van der Waals surface area contributed by atoms with Gasteiger partial charge in [-0.15, -0.1) is 0 Å². The number of nitrogens with zero attached hydrogens (tertiary/aromatic N) is 1. The first-order valence-electron chi connectivity index (χ1n) is 14.7. The molecule has 0 fully saturated rings. The van der Waals surface area contributed by atoms with Crippen LogP contribution in [0.1, 0.15) is 76.0 Å². The SMILES string of the molecule is COc1cc(C2C3=C(CC(C)(C)CC3=O)N(C)C3=C2C(=O)CC(C)(C)C3)cc(I)c1OCC(=O)Nc1cc(C)ccc1C. The summed E-state index contributed by atoms with van der Waals surface area (Å²) in [5, 5.41) is 2.93. The number of amides is 1. The first-order chi connectivity index (χ1) is 20.1. The Kier molecular flexibility index (Phi) is 8.31. The van der Waals surface area contributed by atoms with E-state index < -0.39 is 5.92 Å². The Morgan fingerprint density at radius 3 is 2.09 bits per heavy atom. The third kappa shape index (κ3) is 6.12. The van der Waals surface area contributed by atoms with Crippen LogP contribution >= 0.6 is 22.6 Å². The molecule has 0 bridgehead atoms. The van der Waals surface area contributed by atoms with E-state index in [9.17, 15) is 14.4 Å². The third-order valence-corrected chi connectivity index (χ3v) is 9.58. The van der Waals surface area contributed by atoms with Crippen LogP contribution in [0.3, 0.4) is 0 Å². The lowest BCUT2D eigenvalue weighted by Gasteiger charge is -2.48. The molecule has 5 rings (SSSR count). The second-order valence-corrected chi connectivity index (χ2v) is 14.9. The number of benzene rings is 2. The average Bonchev–Trinajstić information content (AvgIpc) is 2.89. The Morgan fingerprint density at radius 2 is 1.53 bits per heavy atom. The van der Waals surface area contributed by atoms with E-state index in [0.29, 0.717) is 35.5 Å². The molecular formula is C35H41IN2O5. The van der Waals surface area contributed by atoms with Gasteiger partial charge in [0.1, 0.15) is 0 Å². The minimum Gasteiger partial charge on any atom is -0.493 e. The van der Waals surface area contributed by atoms with Crippen molar-refractivity contribution >= 4 is 45.8 Å². The van der Waals surface area contributed by atoms with Gasteiger partial charge in [-0.3, -0.25) is 14.4 Å². The van der Waals surface area contributed by atoms with E-state index in [-0.39, 0.29) is 34.9 Å². The molecule has 7 nitrogen and oxygen atoms in total. The largest absolute Gasteiger partial charge is 0.493 e. The van der Waals surface area contributed by atoms with Gasteiger partial charge in [0.15, 0.2) is 29.7 Å². The van der Waals surface area contributed by atoms with E-state index in [2.05, 4.69) is 60.5 Å². The number of methoxy groups -OCH3 is 1. The second kappa shape index (κ2) is 11.4. The Balaban J connectivity index is 1.53. The van der Waals surface area contributed by atoms with Gasteiger partial charge in [0.05, 0.1) is 10.7 Å². The summed E-state index contributed by atoms with van der Waals surface area (Å²) in [6.45, 7) is 12.3. The number of ketones is 2. The average molecular weight is 697 g/mol. The molecule has 228 valence electrons. The van der Waals surface area contributed by atoms with E-state index in [1.54, 1.807) is 7.11 Å². The second-order valence-electron chi connectivity index (χ2n) is 13.8. The highest BCUT2D eigenvalue weighted by Crippen LogP contribution is 2.54. The summed E-state index contributed by atoms with van der Waals surface area (Å²) in [5.74, 6) is 0.330. The number of aryl methyl sites for hydroxylation is 2. The van der Waals surface area contributed by atoms with Gasteiger partial charge in [-0.1, -0.05) is 39.8 Å².